The van der Waals surface area contributed by atoms with Crippen molar-refractivity contribution >= 4 is 13.5 Å². The molecule has 146 valence electrons. The van der Waals surface area contributed by atoms with Crippen molar-refractivity contribution in [3.05, 3.63) is 64.7 Å². The van der Waals surface area contributed by atoms with E-state index in [0.717, 1.165) is 29.5 Å². The zero-order valence-corrected chi connectivity index (χ0v) is 15.7. The molecule has 8 heteroatoms. The maximum atomic E-state index is 13.2. The van der Waals surface area contributed by atoms with Crippen molar-refractivity contribution in [3.63, 3.8) is 0 Å². The number of alkyl halides is 6. The summed E-state index contributed by atoms with van der Waals surface area (Å²) in [5.41, 5.74) is -1.11. The third-order valence-corrected chi connectivity index (χ3v) is 9.56. The Labute approximate surface area is 154 Å². The molecule has 0 fully saturated rings. The third kappa shape index (κ3) is 3.52. The Morgan fingerprint density at radius 3 is 2.00 bits per heavy atom. The Hall–Kier alpha value is -1.80. The van der Waals surface area contributed by atoms with Gasteiger partial charge < -0.3 is 4.43 Å². The molecule has 27 heavy (non-hydrogen) atoms. The highest BCUT2D eigenvalue weighted by atomic mass is 28.4. The molecule has 0 saturated heterocycles. The maximum absolute atomic E-state index is 13.2. The average Bonchev–Trinajstić information content (AvgIpc) is 2.95. The van der Waals surface area contributed by atoms with E-state index in [1.54, 1.807) is 0 Å². The lowest BCUT2D eigenvalue weighted by atomic mass is 9.98. The van der Waals surface area contributed by atoms with Crippen LogP contribution in [-0.4, -0.2) is 8.32 Å². The standard InChI is InChI=1S/C19H18F6OSi/c1-3-27(4-2)16-9-8-14(19(23,24)25)11-15(16)17(26-27)12-6-5-7-13(10-12)18(20,21)22/h5-11,17H,3-4H2,1-2H3. The largest absolute Gasteiger partial charge is 0.416 e. The van der Waals surface area contributed by atoms with Crippen LogP contribution in [0, 0.1) is 0 Å². The first-order chi connectivity index (χ1) is 12.5. The normalized spacial score (nSPS) is 19.2. The minimum Gasteiger partial charge on any atom is -0.401 e. The molecule has 1 atom stereocenters. The average molecular weight is 404 g/mol. The Bertz CT molecular complexity index is 839. The summed E-state index contributed by atoms with van der Waals surface area (Å²) in [7, 11) is -2.54. The van der Waals surface area contributed by atoms with Gasteiger partial charge in [0.2, 0.25) is 8.32 Å². The summed E-state index contributed by atoms with van der Waals surface area (Å²) in [5.74, 6) is 0. The van der Waals surface area contributed by atoms with Gasteiger partial charge in [-0.3, -0.25) is 0 Å². The van der Waals surface area contributed by atoms with Gasteiger partial charge in [0, 0.05) is 0 Å². The van der Waals surface area contributed by atoms with Crippen molar-refractivity contribution in [2.45, 2.75) is 44.4 Å². The number of benzene rings is 2. The molecule has 0 aromatic heterocycles. The van der Waals surface area contributed by atoms with Gasteiger partial charge in [-0.25, -0.2) is 0 Å². The topological polar surface area (TPSA) is 9.23 Å². The SMILES string of the molecule is CC[Si]1(CC)OC(c2cccc(C(F)(F)F)c2)c2cc(C(F)(F)F)ccc21. The molecule has 3 rings (SSSR count). The first-order valence-corrected chi connectivity index (χ1v) is 10.9. The number of fused-ring (bicyclic) bond motifs is 1. The quantitative estimate of drug-likeness (QED) is 0.448. The molecule has 2 aromatic carbocycles. The van der Waals surface area contributed by atoms with Crippen molar-refractivity contribution in [1.29, 1.82) is 0 Å². The molecule has 0 saturated carbocycles. The van der Waals surface area contributed by atoms with E-state index in [1.165, 1.54) is 18.2 Å². The molecule has 0 radical (unpaired) electrons. The number of rotatable bonds is 3. The van der Waals surface area contributed by atoms with Gasteiger partial charge >= 0.3 is 12.4 Å². The Kier molecular flexibility index (Phi) is 4.92. The van der Waals surface area contributed by atoms with E-state index < -0.39 is 37.9 Å². The molecule has 1 aliphatic heterocycles. The highest BCUT2D eigenvalue weighted by molar-refractivity contribution is 6.87. The van der Waals surface area contributed by atoms with E-state index in [-0.39, 0.29) is 5.56 Å². The second kappa shape index (κ2) is 6.67. The fourth-order valence-electron chi connectivity index (χ4n) is 3.65. The molecule has 1 heterocycles. The van der Waals surface area contributed by atoms with Crippen LogP contribution >= 0.6 is 0 Å². The van der Waals surface area contributed by atoms with Gasteiger partial charge in [0.15, 0.2) is 0 Å². The van der Waals surface area contributed by atoms with Crippen molar-refractivity contribution in [1.82, 2.24) is 0 Å². The summed E-state index contributed by atoms with van der Waals surface area (Å²) in [6.45, 7) is 3.82. The molecule has 0 amide bonds. The van der Waals surface area contributed by atoms with Crippen LogP contribution in [0.15, 0.2) is 42.5 Å². The monoisotopic (exact) mass is 404 g/mol. The highest BCUT2D eigenvalue weighted by Crippen LogP contribution is 2.42. The summed E-state index contributed by atoms with van der Waals surface area (Å²) in [4.78, 5) is 0. The summed E-state index contributed by atoms with van der Waals surface area (Å²) < 4.78 is 85.0. The van der Waals surface area contributed by atoms with Gasteiger partial charge in [-0.2, -0.15) is 26.3 Å². The first-order valence-electron chi connectivity index (χ1n) is 8.58. The minimum atomic E-state index is -4.53. The van der Waals surface area contributed by atoms with Crippen LogP contribution < -0.4 is 5.19 Å². The molecule has 1 unspecified atom stereocenters. The van der Waals surface area contributed by atoms with E-state index in [0.29, 0.717) is 17.7 Å². The number of halogens is 6. The fraction of sp³-hybridized carbons (Fsp3) is 0.368. The summed E-state index contributed by atoms with van der Waals surface area (Å²) >= 11 is 0. The van der Waals surface area contributed by atoms with Crippen molar-refractivity contribution in [2.24, 2.45) is 0 Å². The van der Waals surface area contributed by atoms with E-state index in [2.05, 4.69) is 0 Å². The number of hydrogen-bond acceptors (Lipinski definition) is 1. The van der Waals surface area contributed by atoms with E-state index >= 15 is 0 Å². The zero-order chi connectivity index (χ0) is 20.0. The Balaban J connectivity index is 2.17. The third-order valence-electron chi connectivity index (χ3n) is 5.15. The highest BCUT2D eigenvalue weighted by Gasteiger charge is 2.47. The smallest absolute Gasteiger partial charge is 0.401 e. The van der Waals surface area contributed by atoms with Gasteiger partial charge in [-0.1, -0.05) is 38.1 Å². The molecule has 2 aromatic rings. The number of hydrogen-bond donors (Lipinski definition) is 0. The van der Waals surface area contributed by atoms with Gasteiger partial charge in [0.05, 0.1) is 17.2 Å². The summed E-state index contributed by atoms with van der Waals surface area (Å²) in [6, 6.07) is 9.41. The van der Waals surface area contributed by atoms with E-state index in [1.807, 2.05) is 13.8 Å². The van der Waals surface area contributed by atoms with Crippen LogP contribution in [0.5, 0.6) is 0 Å². The van der Waals surface area contributed by atoms with Crippen LogP contribution in [0.25, 0.3) is 0 Å². The Morgan fingerprint density at radius 2 is 1.44 bits per heavy atom. The van der Waals surface area contributed by atoms with E-state index in [4.69, 9.17) is 4.43 Å². The lowest BCUT2D eigenvalue weighted by molar-refractivity contribution is -0.138. The molecule has 0 bridgehead atoms. The van der Waals surface area contributed by atoms with Gasteiger partial charge in [0.1, 0.15) is 0 Å². The van der Waals surface area contributed by atoms with Crippen molar-refractivity contribution < 1.29 is 30.8 Å². The zero-order valence-electron chi connectivity index (χ0n) is 14.7. The maximum Gasteiger partial charge on any atom is 0.416 e. The van der Waals surface area contributed by atoms with Crippen LogP contribution in [-0.2, 0) is 16.8 Å². The van der Waals surface area contributed by atoms with Crippen LogP contribution in [0.1, 0.15) is 42.2 Å². The van der Waals surface area contributed by atoms with Crippen LogP contribution in [0.3, 0.4) is 0 Å². The Morgan fingerprint density at radius 1 is 0.852 bits per heavy atom. The molecular weight excluding hydrogens is 386 g/mol. The summed E-state index contributed by atoms with van der Waals surface area (Å²) in [6.07, 6.45) is -9.98. The van der Waals surface area contributed by atoms with Crippen molar-refractivity contribution in [3.8, 4) is 0 Å². The summed E-state index contributed by atoms with van der Waals surface area (Å²) in [5, 5.41) is 0.739. The molecule has 1 nitrogen and oxygen atoms in total. The van der Waals surface area contributed by atoms with Gasteiger partial charge in [-0.05, 0) is 46.6 Å². The molecule has 0 aliphatic carbocycles. The van der Waals surface area contributed by atoms with Crippen LogP contribution in [0.2, 0.25) is 12.1 Å². The van der Waals surface area contributed by atoms with E-state index in [9.17, 15) is 26.3 Å². The minimum absolute atomic E-state index is 0.224. The molecular formula is C19H18F6OSi. The van der Waals surface area contributed by atoms with Gasteiger partial charge in [-0.15, -0.1) is 0 Å². The lowest BCUT2D eigenvalue weighted by Gasteiger charge is -2.25. The molecule has 1 aliphatic rings. The van der Waals surface area contributed by atoms with Crippen molar-refractivity contribution in [2.75, 3.05) is 0 Å². The second-order valence-electron chi connectivity index (χ2n) is 6.62. The van der Waals surface area contributed by atoms with Crippen LogP contribution in [0.4, 0.5) is 26.3 Å². The second-order valence-corrected chi connectivity index (χ2v) is 10.8. The first kappa shape index (κ1) is 19.9. The molecule has 0 N–H and O–H groups in total. The van der Waals surface area contributed by atoms with Gasteiger partial charge in [0.25, 0.3) is 0 Å². The fourth-order valence-corrected chi connectivity index (χ4v) is 7.20. The molecule has 0 spiro atoms. The predicted molar refractivity (Wildman–Crippen MR) is 92.2 cm³/mol. The predicted octanol–water partition coefficient (Wildman–Crippen LogP) is 6.04. The lowest BCUT2D eigenvalue weighted by Crippen LogP contribution is -2.45.